The van der Waals surface area contributed by atoms with E-state index >= 15 is 0 Å². The number of carbonyl (C=O) groups excluding carboxylic acids is 3. The zero-order chi connectivity index (χ0) is 24.8. The maximum absolute atomic E-state index is 13.0. The predicted molar refractivity (Wildman–Crippen MR) is 136 cm³/mol. The molecule has 1 unspecified atom stereocenters. The van der Waals surface area contributed by atoms with Gasteiger partial charge in [-0.1, -0.05) is 56.3 Å². The second-order valence-electron chi connectivity index (χ2n) is 8.58. The highest BCUT2D eigenvalue weighted by molar-refractivity contribution is 7.14. The van der Waals surface area contributed by atoms with Crippen LogP contribution in [0.5, 0.6) is 0 Å². The van der Waals surface area contributed by atoms with Gasteiger partial charge in [-0.2, -0.15) is 0 Å². The van der Waals surface area contributed by atoms with E-state index in [1.807, 2.05) is 69.5 Å². The van der Waals surface area contributed by atoms with Crippen molar-refractivity contribution >= 4 is 34.2 Å². The standard InChI is InChI=1S/C26H30N4O3S/c1-15(2)23(29-24(32)21-9-7-6-8-16(21)3)25(33)30-26-28-22(14-34-26)20-12-10-19(11-13-20)17(4)27-18(5)31/h6-15,17,23H,1-5H3,(H,27,31)(H,29,32)(H,28,30,33)/t17?,23-/m0/s1. The van der Waals surface area contributed by atoms with Crippen LogP contribution in [-0.2, 0) is 9.59 Å². The van der Waals surface area contributed by atoms with Gasteiger partial charge < -0.3 is 16.0 Å². The third-order valence-electron chi connectivity index (χ3n) is 5.49. The number of nitrogens with zero attached hydrogens (tertiary/aromatic N) is 1. The first-order valence-electron chi connectivity index (χ1n) is 11.2. The van der Waals surface area contributed by atoms with Crippen molar-refractivity contribution in [2.45, 2.75) is 46.7 Å². The van der Waals surface area contributed by atoms with E-state index in [1.165, 1.54) is 18.3 Å². The number of nitrogens with one attached hydrogen (secondary N) is 3. The number of carbonyl (C=O) groups is 3. The maximum atomic E-state index is 13.0. The molecule has 0 aliphatic carbocycles. The second kappa shape index (κ2) is 11.1. The quantitative estimate of drug-likeness (QED) is 0.437. The van der Waals surface area contributed by atoms with E-state index in [9.17, 15) is 14.4 Å². The molecule has 1 heterocycles. The van der Waals surface area contributed by atoms with Gasteiger partial charge in [0.15, 0.2) is 5.13 Å². The fraction of sp³-hybridized carbons (Fsp3) is 0.308. The van der Waals surface area contributed by atoms with Crippen LogP contribution in [-0.4, -0.2) is 28.7 Å². The van der Waals surface area contributed by atoms with Gasteiger partial charge in [0.1, 0.15) is 6.04 Å². The Morgan fingerprint density at radius 3 is 2.24 bits per heavy atom. The van der Waals surface area contributed by atoms with Crippen LogP contribution in [0.15, 0.2) is 53.9 Å². The van der Waals surface area contributed by atoms with Gasteiger partial charge in [0.25, 0.3) is 5.91 Å². The fourth-order valence-electron chi connectivity index (χ4n) is 3.56. The van der Waals surface area contributed by atoms with Crippen molar-refractivity contribution in [1.82, 2.24) is 15.6 Å². The number of thiazole rings is 1. The molecule has 3 aromatic rings. The molecule has 178 valence electrons. The highest BCUT2D eigenvalue weighted by Crippen LogP contribution is 2.26. The third-order valence-corrected chi connectivity index (χ3v) is 6.24. The molecule has 3 amide bonds. The van der Waals surface area contributed by atoms with Gasteiger partial charge in [0, 0.05) is 23.4 Å². The van der Waals surface area contributed by atoms with Gasteiger partial charge in [-0.3, -0.25) is 14.4 Å². The van der Waals surface area contributed by atoms with Crippen molar-refractivity contribution in [3.8, 4) is 11.3 Å². The molecule has 7 nitrogen and oxygen atoms in total. The first-order chi connectivity index (χ1) is 16.2. The van der Waals surface area contributed by atoms with Crippen molar-refractivity contribution in [3.05, 3.63) is 70.6 Å². The van der Waals surface area contributed by atoms with Crippen LogP contribution in [0.1, 0.15) is 55.2 Å². The topological polar surface area (TPSA) is 100 Å². The number of rotatable bonds is 8. The van der Waals surface area contributed by atoms with Crippen LogP contribution in [0, 0.1) is 12.8 Å². The van der Waals surface area contributed by atoms with Crippen molar-refractivity contribution in [3.63, 3.8) is 0 Å². The lowest BCUT2D eigenvalue weighted by atomic mass is 10.0. The van der Waals surface area contributed by atoms with Crippen molar-refractivity contribution in [2.24, 2.45) is 5.92 Å². The Bertz CT molecular complexity index is 1170. The SMILES string of the molecule is CC(=O)NC(C)c1ccc(-c2csc(NC(=O)[C@@H](NC(=O)c3ccccc3C)C(C)C)n2)cc1. The first kappa shape index (κ1) is 25.1. The predicted octanol–water partition coefficient (Wildman–Crippen LogP) is 4.71. The number of amides is 3. The van der Waals surface area contributed by atoms with Crippen molar-refractivity contribution in [2.75, 3.05) is 5.32 Å². The Morgan fingerprint density at radius 1 is 0.941 bits per heavy atom. The molecular weight excluding hydrogens is 448 g/mol. The van der Waals surface area contributed by atoms with Gasteiger partial charge in [0.05, 0.1) is 11.7 Å². The molecule has 0 spiro atoms. The summed E-state index contributed by atoms with van der Waals surface area (Å²) >= 11 is 1.33. The average Bonchev–Trinajstić information content (AvgIpc) is 3.25. The Morgan fingerprint density at radius 2 is 1.62 bits per heavy atom. The minimum atomic E-state index is -0.700. The lowest BCUT2D eigenvalue weighted by Gasteiger charge is -2.21. The van der Waals surface area contributed by atoms with Crippen LogP contribution in [0.25, 0.3) is 11.3 Å². The molecule has 0 aliphatic rings. The summed E-state index contributed by atoms with van der Waals surface area (Å²) in [6, 6.07) is 14.3. The molecule has 0 saturated heterocycles. The number of hydrogen-bond donors (Lipinski definition) is 3. The highest BCUT2D eigenvalue weighted by atomic mass is 32.1. The molecule has 2 aromatic carbocycles. The normalized spacial score (nSPS) is 12.6. The minimum Gasteiger partial charge on any atom is -0.350 e. The summed E-state index contributed by atoms with van der Waals surface area (Å²) in [7, 11) is 0. The van der Waals surface area contributed by atoms with E-state index in [0.717, 1.165) is 22.4 Å². The smallest absolute Gasteiger partial charge is 0.252 e. The van der Waals surface area contributed by atoms with Gasteiger partial charge >= 0.3 is 0 Å². The molecule has 3 rings (SSSR count). The van der Waals surface area contributed by atoms with Crippen LogP contribution in [0.4, 0.5) is 5.13 Å². The first-order valence-corrected chi connectivity index (χ1v) is 12.0. The molecule has 1 aromatic heterocycles. The van der Waals surface area contributed by atoms with Crippen LogP contribution >= 0.6 is 11.3 Å². The molecule has 8 heteroatoms. The Labute approximate surface area is 204 Å². The molecule has 2 atom stereocenters. The van der Waals surface area contributed by atoms with Gasteiger partial charge in [-0.15, -0.1) is 11.3 Å². The number of anilines is 1. The Kier molecular flexibility index (Phi) is 8.17. The van der Waals surface area contributed by atoms with Crippen molar-refractivity contribution in [1.29, 1.82) is 0 Å². The summed E-state index contributed by atoms with van der Waals surface area (Å²) in [4.78, 5) is 41.5. The van der Waals surface area contributed by atoms with E-state index in [1.54, 1.807) is 12.1 Å². The van der Waals surface area contributed by atoms with Gasteiger partial charge in [-0.05, 0) is 37.0 Å². The van der Waals surface area contributed by atoms with Gasteiger partial charge in [0.2, 0.25) is 11.8 Å². The van der Waals surface area contributed by atoms with Crippen LogP contribution < -0.4 is 16.0 Å². The lowest BCUT2D eigenvalue weighted by Crippen LogP contribution is -2.47. The number of aromatic nitrogens is 1. The van der Waals surface area contributed by atoms with E-state index in [2.05, 4.69) is 20.9 Å². The third kappa shape index (κ3) is 6.29. The molecule has 0 bridgehead atoms. The minimum absolute atomic E-state index is 0.0775. The molecule has 3 N–H and O–H groups in total. The average molecular weight is 479 g/mol. The highest BCUT2D eigenvalue weighted by Gasteiger charge is 2.26. The number of benzene rings is 2. The summed E-state index contributed by atoms with van der Waals surface area (Å²) in [5.41, 5.74) is 4.04. The summed E-state index contributed by atoms with van der Waals surface area (Å²) in [5, 5.41) is 10.9. The Balaban J connectivity index is 1.68. The molecule has 0 fully saturated rings. The van der Waals surface area contributed by atoms with E-state index in [0.29, 0.717) is 10.7 Å². The largest absolute Gasteiger partial charge is 0.350 e. The van der Waals surface area contributed by atoms with E-state index < -0.39 is 6.04 Å². The molecular formula is C26H30N4O3S. The van der Waals surface area contributed by atoms with Gasteiger partial charge in [-0.25, -0.2) is 4.98 Å². The van der Waals surface area contributed by atoms with Crippen molar-refractivity contribution < 1.29 is 14.4 Å². The molecule has 0 radical (unpaired) electrons. The summed E-state index contributed by atoms with van der Waals surface area (Å²) < 4.78 is 0. The van der Waals surface area contributed by atoms with Crippen LogP contribution in [0.3, 0.4) is 0 Å². The second-order valence-corrected chi connectivity index (χ2v) is 9.44. The monoisotopic (exact) mass is 478 g/mol. The number of hydrogen-bond acceptors (Lipinski definition) is 5. The van der Waals surface area contributed by atoms with E-state index in [-0.39, 0.29) is 29.7 Å². The summed E-state index contributed by atoms with van der Waals surface area (Å²) in [6.45, 7) is 9.06. The maximum Gasteiger partial charge on any atom is 0.252 e. The van der Waals surface area contributed by atoms with E-state index in [4.69, 9.17) is 0 Å². The summed E-state index contributed by atoms with van der Waals surface area (Å²) in [6.07, 6.45) is 0. The summed E-state index contributed by atoms with van der Waals surface area (Å²) in [5.74, 6) is -0.769. The molecule has 34 heavy (non-hydrogen) atoms. The lowest BCUT2D eigenvalue weighted by molar-refractivity contribution is -0.120. The molecule has 0 aliphatic heterocycles. The molecule has 0 saturated carbocycles. The zero-order valence-electron chi connectivity index (χ0n) is 20.0. The zero-order valence-corrected chi connectivity index (χ0v) is 20.8. The fourth-order valence-corrected chi connectivity index (χ4v) is 4.28. The van der Waals surface area contributed by atoms with Crippen LogP contribution in [0.2, 0.25) is 0 Å². The Hall–Kier alpha value is -3.52. The number of aryl methyl sites for hydroxylation is 1.